The SMILES string of the molecule is O=C(Cl)c1sc2cc[nH]c2c1-c1ccccn1. The van der Waals surface area contributed by atoms with Gasteiger partial charge < -0.3 is 4.98 Å². The lowest BCUT2D eigenvalue weighted by Crippen LogP contribution is -1.90. The van der Waals surface area contributed by atoms with E-state index in [1.165, 1.54) is 11.3 Å². The summed E-state index contributed by atoms with van der Waals surface area (Å²) in [6.07, 6.45) is 3.54. The van der Waals surface area contributed by atoms with Gasteiger partial charge in [0.2, 0.25) is 0 Å². The smallest absolute Gasteiger partial charge is 0.263 e. The summed E-state index contributed by atoms with van der Waals surface area (Å²) in [6, 6.07) is 7.52. The number of nitrogens with one attached hydrogen (secondary N) is 1. The van der Waals surface area contributed by atoms with Gasteiger partial charge in [-0.2, -0.15) is 0 Å². The summed E-state index contributed by atoms with van der Waals surface area (Å²) >= 11 is 7.00. The first-order chi connectivity index (χ1) is 8.27. The molecule has 0 atom stereocenters. The molecule has 0 saturated carbocycles. The number of H-pyrrole nitrogens is 1. The highest BCUT2D eigenvalue weighted by atomic mass is 35.5. The summed E-state index contributed by atoms with van der Waals surface area (Å²) in [6.45, 7) is 0. The second-order valence-corrected chi connectivity index (χ2v) is 4.91. The molecular weight excluding hydrogens is 256 g/mol. The average Bonchev–Trinajstić information content (AvgIpc) is 2.89. The molecular formula is C12H7ClN2OS. The van der Waals surface area contributed by atoms with Crippen molar-refractivity contribution < 1.29 is 4.79 Å². The Bertz CT molecular complexity index is 687. The van der Waals surface area contributed by atoms with Crippen molar-refractivity contribution >= 4 is 38.4 Å². The predicted octanol–water partition coefficient (Wildman–Crippen LogP) is 3.67. The molecule has 0 aromatic carbocycles. The van der Waals surface area contributed by atoms with Crippen LogP contribution in [0.2, 0.25) is 0 Å². The van der Waals surface area contributed by atoms with Crippen LogP contribution in [0.15, 0.2) is 36.7 Å². The predicted molar refractivity (Wildman–Crippen MR) is 69.6 cm³/mol. The van der Waals surface area contributed by atoms with Gasteiger partial charge in [0.1, 0.15) is 0 Å². The van der Waals surface area contributed by atoms with E-state index >= 15 is 0 Å². The maximum absolute atomic E-state index is 11.4. The Hall–Kier alpha value is -1.65. The van der Waals surface area contributed by atoms with Crippen LogP contribution >= 0.6 is 22.9 Å². The minimum absolute atomic E-state index is 0.444. The molecule has 3 nitrogen and oxygen atoms in total. The van der Waals surface area contributed by atoms with E-state index in [-0.39, 0.29) is 0 Å². The number of fused-ring (bicyclic) bond motifs is 1. The molecule has 0 amide bonds. The molecule has 0 saturated heterocycles. The summed E-state index contributed by atoms with van der Waals surface area (Å²) < 4.78 is 1.01. The van der Waals surface area contributed by atoms with E-state index in [4.69, 9.17) is 11.6 Å². The molecule has 5 heteroatoms. The summed E-state index contributed by atoms with van der Waals surface area (Å²) in [7, 11) is 0. The number of pyridine rings is 1. The van der Waals surface area contributed by atoms with E-state index in [0.717, 1.165) is 21.5 Å². The van der Waals surface area contributed by atoms with Crippen LogP contribution in [0.1, 0.15) is 9.67 Å². The number of carbonyl (C=O) groups is 1. The number of rotatable bonds is 2. The lowest BCUT2D eigenvalue weighted by Gasteiger charge is -1.99. The minimum atomic E-state index is -0.444. The summed E-state index contributed by atoms with van der Waals surface area (Å²) in [4.78, 5) is 19.4. The van der Waals surface area contributed by atoms with Gasteiger partial charge in [-0.05, 0) is 29.8 Å². The van der Waals surface area contributed by atoms with Crippen molar-refractivity contribution in [1.82, 2.24) is 9.97 Å². The van der Waals surface area contributed by atoms with Gasteiger partial charge in [-0.15, -0.1) is 11.3 Å². The van der Waals surface area contributed by atoms with Crippen molar-refractivity contribution in [2.24, 2.45) is 0 Å². The Morgan fingerprint density at radius 1 is 1.35 bits per heavy atom. The van der Waals surface area contributed by atoms with E-state index in [1.54, 1.807) is 6.20 Å². The lowest BCUT2D eigenvalue weighted by atomic mass is 10.1. The molecule has 0 spiro atoms. The quantitative estimate of drug-likeness (QED) is 0.716. The van der Waals surface area contributed by atoms with Crippen molar-refractivity contribution in [3.63, 3.8) is 0 Å². The molecule has 84 valence electrons. The third-order valence-corrected chi connectivity index (χ3v) is 3.95. The van der Waals surface area contributed by atoms with Crippen molar-refractivity contribution in [2.45, 2.75) is 0 Å². The van der Waals surface area contributed by atoms with Crippen LogP contribution in [0.25, 0.3) is 21.5 Å². The third-order valence-electron chi connectivity index (χ3n) is 2.50. The van der Waals surface area contributed by atoms with Crippen LogP contribution in [0.4, 0.5) is 0 Å². The van der Waals surface area contributed by atoms with Gasteiger partial charge in [0.15, 0.2) is 0 Å². The van der Waals surface area contributed by atoms with Gasteiger partial charge in [-0.1, -0.05) is 6.07 Å². The Balaban J connectivity index is 2.36. The third kappa shape index (κ3) is 1.66. The van der Waals surface area contributed by atoms with E-state index in [1.807, 2.05) is 30.5 Å². The van der Waals surface area contributed by atoms with Crippen LogP contribution in [0, 0.1) is 0 Å². The van der Waals surface area contributed by atoms with E-state index in [0.29, 0.717) is 4.88 Å². The number of halogens is 1. The zero-order valence-electron chi connectivity index (χ0n) is 8.61. The Morgan fingerprint density at radius 2 is 2.24 bits per heavy atom. The number of nitrogens with zero attached hydrogens (tertiary/aromatic N) is 1. The monoisotopic (exact) mass is 262 g/mol. The fourth-order valence-corrected chi connectivity index (χ4v) is 3.02. The largest absolute Gasteiger partial charge is 0.360 e. The topological polar surface area (TPSA) is 45.8 Å². The second kappa shape index (κ2) is 3.98. The van der Waals surface area contributed by atoms with Crippen molar-refractivity contribution in [1.29, 1.82) is 0 Å². The highest BCUT2D eigenvalue weighted by Crippen LogP contribution is 2.37. The van der Waals surface area contributed by atoms with Gasteiger partial charge in [-0.3, -0.25) is 9.78 Å². The number of hydrogen-bond donors (Lipinski definition) is 1. The highest BCUT2D eigenvalue weighted by Gasteiger charge is 2.19. The zero-order chi connectivity index (χ0) is 11.8. The first kappa shape index (κ1) is 10.5. The van der Waals surface area contributed by atoms with Crippen LogP contribution in [-0.2, 0) is 0 Å². The van der Waals surface area contributed by atoms with E-state index in [2.05, 4.69) is 9.97 Å². The molecule has 0 aliphatic carbocycles. The molecule has 0 radical (unpaired) electrons. The summed E-state index contributed by atoms with van der Waals surface area (Å²) in [5, 5.41) is -0.444. The summed E-state index contributed by atoms with van der Waals surface area (Å²) in [5.41, 5.74) is 2.46. The molecule has 0 bridgehead atoms. The Morgan fingerprint density at radius 3 is 2.94 bits per heavy atom. The zero-order valence-corrected chi connectivity index (χ0v) is 10.2. The lowest BCUT2D eigenvalue weighted by molar-refractivity contribution is 0.108. The Kier molecular flexibility index (Phi) is 2.46. The molecule has 3 heterocycles. The van der Waals surface area contributed by atoms with Crippen molar-refractivity contribution in [3.8, 4) is 11.3 Å². The molecule has 0 aliphatic heterocycles. The molecule has 0 aliphatic rings. The molecule has 0 unspecified atom stereocenters. The molecule has 3 aromatic heterocycles. The number of aromatic nitrogens is 2. The number of thiophene rings is 1. The minimum Gasteiger partial charge on any atom is -0.360 e. The van der Waals surface area contributed by atoms with Gasteiger partial charge in [-0.25, -0.2) is 0 Å². The van der Waals surface area contributed by atoms with Crippen molar-refractivity contribution in [3.05, 3.63) is 41.5 Å². The molecule has 3 rings (SSSR count). The van der Waals surface area contributed by atoms with Gasteiger partial charge in [0.25, 0.3) is 5.24 Å². The standard InChI is InChI=1S/C12H7ClN2OS/c13-12(16)11-9(7-3-1-2-5-14-7)10-8(17-11)4-6-15-10/h1-6,15H. The Labute approximate surface area is 106 Å². The van der Waals surface area contributed by atoms with Gasteiger partial charge in [0, 0.05) is 18.0 Å². The number of carbonyl (C=O) groups excluding carboxylic acids is 1. The van der Waals surface area contributed by atoms with Crippen LogP contribution < -0.4 is 0 Å². The van der Waals surface area contributed by atoms with Gasteiger partial charge in [0.05, 0.1) is 20.8 Å². The number of aromatic amines is 1. The van der Waals surface area contributed by atoms with Crippen LogP contribution in [-0.4, -0.2) is 15.2 Å². The summed E-state index contributed by atoms with van der Waals surface area (Å²) in [5.74, 6) is 0. The van der Waals surface area contributed by atoms with E-state index < -0.39 is 5.24 Å². The van der Waals surface area contributed by atoms with Crippen LogP contribution in [0.5, 0.6) is 0 Å². The highest BCUT2D eigenvalue weighted by molar-refractivity contribution is 7.22. The van der Waals surface area contributed by atoms with Crippen LogP contribution in [0.3, 0.4) is 0 Å². The first-order valence-electron chi connectivity index (χ1n) is 4.98. The maximum Gasteiger partial charge on any atom is 0.263 e. The maximum atomic E-state index is 11.4. The molecule has 3 aromatic rings. The van der Waals surface area contributed by atoms with Gasteiger partial charge >= 0.3 is 0 Å². The molecule has 17 heavy (non-hydrogen) atoms. The second-order valence-electron chi connectivity index (χ2n) is 3.51. The average molecular weight is 263 g/mol. The fraction of sp³-hybridized carbons (Fsp3) is 0. The fourth-order valence-electron chi connectivity index (χ4n) is 1.80. The number of hydrogen-bond acceptors (Lipinski definition) is 3. The molecule has 1 N–H and O–H groups in total. The van der Waals surface area contributed by atoms with E-state index in [9.17, 15) is 4.79 Å². The normalized spacial score (nSPS) is 10.9. The van der Waals surface area contributed by atoms with Crippen molar-refractivity contribution in [2.75, 3.05) is 0 Å². The first-order valence-corrected chi connectivity index (χ1v) is 6.18. The molecule has 0 fully saturated rings.